The normalized spacial score (nSPS) is 26.3. The quantitative estimate of drug-likeness (QED) is 0.313. The summed E-state index contributed by atoms with van der Waals surface area (Å²) in [6, 6.07) is 7.87. The van der Waals surface area contributed by atoms with Crippen LogP contribution in [0.4, 0.5) is 5.69 Å². The molecule has 0 saturated heterocycles. The minimum absolute atomic E-state index is 0. The van der Waals surface area contributed by atoms with Crippen LogP contribution in [0.1, 0.15) is 63.5 Å². The van der Waals surface area contributed by atoms with Crippen LogP contribution in [-0.4, -0.2) is 35.7 Å². The maximum Gasteiger partial charge on any atom is 0.224 e. The Kier molecular flexibility index (Phi) is 10.1. The molecular weight excluding hydrogens is 505 g/mol. The van der Waals surface area contributed by atoms with Crippen molar-refractivity contribution in [3.05, 3.63) is 35.0 Å². The van der Waals surface area contributed by atoms with Gasteiger partial charge in [-0.05, 0) is 118 Å². The first-order chi connectivity index (χ1) is 16.0. The van der Waals surface area contributed by atoms with E-state index in [4.69, 9.17) is 21.7 Å². The second-order valence-electron chi connectivity index (χ2n) is 10.9. The van der Waals surface area contributed by atoms with Crippen molar-refractivity contribution >= 4 is 58.9 Å². The van der Waals surface area contributed by atoms with E-state index in [-0.39, 0.29) is 42.7 Å². The van der Waals surface area contributed by atoms with E-state index < -0.39 is 0 Å². The summed E-state index contributed by atoms with van der Waals surface area (Å²) in [4.78, 5) is 18.0. The van der Waals surface area contributed by atoms with Crippen LogP contribution in [0.2, 0.25) is 5.02 Å². The highest BCUT2D eigenvalue weighted by molar-refractivity contribution is 6.35. The Bertz CT molecular complexity index is 981. The van der Waals surface area contributed by atoms with Crippen LogP contribution in [0, 0.1) is 23.2 Å². The Morgan fingerprint density at radius 2 is 1.66 bits per heavy atom. The molecule has 1 aromatic carbocycles. The standard InChI is InChI=1S/C27H36ClN3O2.2ClH/c28-23-6-7-24-22(5-4-21(30-24)3-1-8-29-9-2-10-32)26(23)31-25(33)17-27-14-18-11-19(15-27)13-20(12-18)16-27;;/h4-7,18-20,29,32H,1-3,8-17H2,(H,31,33);2*1H. The van der Waals surface area contributed by atoms with Gasteiger partial charge in [0.25, 0.3) is 0 Å². The van der Waals surface area contributed by atoms with Crippen LogP contribution in [0.25, 0.3) is 10.9 Å². The van der Waals surface area contributed by atoms with Gasteiger partial charge in [-0.3, -0.25) is 9.78 Å². The van der Waals surface area contributed by atoms with Gasteiger partial charge in [0.15, 0.2) is 0 Å². The Balaban J connectivity index is 0.00000171. The van der Waals surface area contributed by atoms with Crippen molar-refractivity contribution in [1.82, 2.24) is 10.3 Å². The number of hydrogen-bond donors (Lipinski definition) is 3. The number of benzene rings is 1. The highest BCUT2D eigenvalue weighted by Gasteiger charge is 2.51. The first-order valence-electron chi connectivity index (χ1n) is 12.7. The van der Waals surface area contributed by atoms with E-state index in [1.54, 1.807) is 0 Å². The average molecular weight is 543 g/mol. The van der Waals surface area contributed by atoms with E-state index in [9.17, 15) is 4.79 Å². The van der Waals surface area contributed by atoms with Crippen molar-refractivity contribution in [2.75, 3.05) is 25.0 Å². The van der Waals surface area contributed by atoms with E-state index in [2.05, 4.69) is 10.6 Å². The predicted octanol–water partition coefficient (Wildman–Crippen LogP) is 6.18. The van der Waals surface area contributed by atoms with Gasteiger partial charge in [-0.25, -0.2) is 0 Å². The number of amides is 1. The molecule has 0 radical (unpaired) electrons. The average Bonchev–Trinajstić information content (AvgIpc) is 2.77. The van der Waals surface area contributed by atoms with Gasteiger partial charge < -0.3 is 15.7 Å². The second kappa shape index (κ2) is 12.4. The van der Waals surface area contributed by atoms with Gasteiger partial charge in [-0.2, -0.15) is 0 Å². The molecule has 0 atom stereocenters. The molecule has 1 heterocycles. The van der Waals surface area contributed by atoms with Crippen LogP contribution in [0.5, 0.6) is 0 Å². The van der Waals surface area contributed by atoms with Crippen LogP contribution in [0.3, 0.4) is 0 Å². The number of anilines is 1. The topological polar surface area (TPSA) is 74.2 Å². The molecule has 3 N–H and O–H groups in total. The molecule has 4 aliphatic rings. The van der Waals surface area contributed by atoms with E-state index >= 15 is 0 Å². The molecule has 0 unspecified atom stereocenters. The lowest BCUT2D eigenvalue weighted by Gasteiger charge is -2.56. The minimum atomic E-state index is 0. The van der Waals surface area contributed by atoms with Gasteiger partial charge in [0.1, 0.15) is 0 Å². The van der Waals surface area contributed by atoms with Gasteiger partial charge in [-0.15, -0.1) is 24.8 Å². The van der Waals surface area contributed by atoms with Crippen LogP contribution in [0.15, 0.2) is 24.3 Å². The Morgan fingerprint density at radius 3 is 2.31 bits per heavy atom. The molecule has 4 fully saturated rings. The number of hydrogen-bond acceptors (Lipinski definition) is 4. The number of carbonyl (C=O) groups is 1. The zero-order valence-corrected chi connectivity index (χ0v) is 22.6. The molecule has 4 aliphatic carbocycles. The summed E-state index contributed by atoms with van der Waals surface area (Å²) in [5.74, 6) is 2.64. The summed E-state index contributed by atoms with van der Waals surface area (Å²) in [6.45, 7) is 1.97. The molecule has 0 aliphatic heterocycles. The predicted molar refractivity (Wildman–Crippen MR) is 148 cm³/mol. The van der Waals surface area contributed by atoms with Crippen molar-refractivity contribution < 1.29 is 9.90 Å². The fourth-order valence-corrected chi connectivity index (χ4v) is 7.45. The molecule has 2 aromatic rings. The van der Waals surface area contributed by atoms with E-state index in [0.717, 1.165) is 66.7 Å². The fourth-order valence-electron chi connectivity index (χ4n) is 7.24. The highest BCUT2D eigenvalue weighted by Crippen LogP contribution is 2.61. The number of fused-ring (bicyclic) bond motifs is 1. The Hall–Kier alpha value is -1.11. The van der Waals surface area contributed by atoms with Crippen molar-refractivity contribution in [2.45, 2.75) is 64.2 Å². The van der Waals surface area contributed by atoms with Crippen molar-refractivity contribution in [3.63, 3.8) is 0 Å². The number of aromatic nitrogens is 1. The number of halogens is 3. The number of aliphatic hydroxyl groups is 1. The van der Waals surface area contributed by atoms with Gasteiger partial charge in [0.2, 0.25) is 5.91 Å². The monoisotopic (exact) mass is 541 g/mol. The fraction of sp³-hybridized carbons (Fsp3) is 0.630. The summed E-state index contributed by atoms with van der Waals surface area (Å²) in [5, 5.41) is 16.8. The lowest BCUT2D eigenvalue weighted by atomic mass is 9.49. The lowest BCUT2D eigenvalue weighted by Crippen LogP contribution is -2.47. The minimum Gasteiger partial charge on any atom is -0.396 e. The molecule has 5 nitrogen and oxygen atoms in total. The molecule has 1 amide bonds. The highest BCUT2D eigenvalue weighted by atomic mass is 35.5. The molecule has 35 heavy (non-hydrogen) atoms. The molecule has 4 saturated carbocycles. The van der Waals surface area contributed by atoms with Gasteiger partial charge in [0, 0.05) is 24.1 Å². The van der Waals surface area contributed by atoms with Gasteiger partial charge in [0.05, 0.1) is 16.2 Å². The molecule has 8 heteroatoms. The van der Waals surface area contributed by atoms with E-state index in [1.807, 2.05) is 24.3 Å². The van der Waals surface area contributed by atoms with Crippen LogP contribution < -0.4 is 10.6 Å². The third-order valence-electron chi connectivity index (χ3n) is 8.14. The molecule has 1 aromatic heterocycles. The summed E-state index contributed by atoms with van der Waals surface area (Å²) >= 11 is 6.54. The second-order valence-corrected chi connectivity index (χ2v) is 11.3. The Labute approximate surface area is 226 Å². The largest absolute Gasteiger partial charge is 0.396 e. The summed E-state index contributed by atoms with van der Waals surface area (Å²) in [6.07, 6.45) is 11.2. The van der Waals surface area contributed by atoms with Crippen LogP contribution in [-0.2, 0) is 11.2 Å². The number of nitrogens with zero attached hydrogens (tertiary/aromatic N) is 1. The summed E-state index contributed by atoms with van der Waals surface area (Å²) in [7, 11) is 0. The lowest BCUT2D eigenvalue weighted by molar-refractivity contribution is -0.124. The zero-order chi connectivity index (χ0) is 22.8. The zero-order valence-electron chi connectivity index (χ0n) is 20.2. The first kappa shape index (κ1) is 28.5. The summed E-state index contributed by atoms with van der Waals surface area (Å²) in [5.41, 5.74) is 2.83. The smallest absolute Gasteiger partial charge is 0.224 e. The molecule has 6 rings (SSSR count). The number of aryl methyl sites for hydroxylation is 1. The number of aliphatic hydroxyl groups excluding tert-OH is 1. The summed E-state index contributed by atoms with van der Waals surface area (Å²) < 4.78 is 0. The maximum absolute atomic E-state index is 13.2. The number of nitrogens with one attached hydrogen (secondary N) is 2. The van der Waals surface area contributed by atoms with E-state index in [0.29, 0.717) is 17.1 Å². The van der Waals surface area contributed by atoms with Crippen molar-refractivity contribution in [2.24, 2.45) is 23.2 Å². The molecular formula is C27H38Cl3N3O2. The van der Waals surface area contributed by atoms with Crippen molar-refractivity contribution in [1.29, 1.82) is 0 Å². The third kappa shape index (κ3) is 6.61. The Morgan fingerprint density at radius 1 is 1.00 bits per heavy atom. The first-order valence-corrected chi connectivity index (χ1v) is 13.1. The van der Waals surface area contributed by atoms with Gasteiger partial charge in [-0.1, -0.05) is 11.6 Å². The molecule has 194 valence electrons. The number of carbonyl (C=O) groups excluding carboxylic acids is 1. The van der Waals surface area contributed by atoms with Crippen molar-refractivity contribution in [3.8, 4) is 0 Å². The third-order valence-corrected chi connectivity index (χ3v) is 8.46. The molecule has 0 spiro atoms. The maximum atomic E-state index is 13.2. The number of pyridine rings is 1. The van der Waals surface area contributed by atoms with Gasteiger partial charge >= 0.3 is 0 Å². The van der Waals surface area contributed by atoms with Crippen LogP contribution >= 0.6 is 36.4 Å². The number of rotatable bonds is 10. The molecule has 4 bridgehead atoms. The SMILES string of the molecule is Cl.Cl.O=C(CC12CC3CC(CC(C3)C1)C2)Nc1c(Cl)ccc2nc(CCCNCCCO)ccc12. The van der Waals surface area contributed by atoms with E-state index in [1.165, 1.54) is 38.5 Å².